The molecule has 0 saturated heterocycles. The molecule has 0 nitrogen and oxygen atoms in total. The standard InChI is InChI=1S/C15H31Br/c1-2-3-4-5-6-7-8-9-10-11-12-13-14-15-16/h2-15H2,1H3/i14D2,15D2. The van der Waals surface area contributed by atoms with Crippen molar-refractivity contribution in [2.45, 2.75) is 90.3 Å². The largest absolute Gasteiger partial charge is 0.0928 e. The molecule has 0 fully saturated rings. The van der Waals surface area contributed by atoms with Crippen LogP contribution < -0.4 is 0 Å². The van der Waals surface area contributed by atoms with Gasteiger partial charge in [-0.3, -0.25) is 0 Å². The van der Waals surface area contributed by atoms with Crippen LogP contribution in [-0.4, -0.2) is 5.28 Å². The lowest BCUT2D eigenvalue weighted by Gasteiger charge is -2.02. The van der Waals surface area contributed by atoms with E-state index in [0.29, 0.717) is 6.42 Å². The van der Waals surface area contributed by atoms with Gasteiger partial charge in [-0.1, -0.05) is 99.9 Å². The summed E-state index contributed by atoms with van der Waals surface area (Å²) >= 11 is 2.79. The lowest BCUT2D eigenvalue weighted by atomic mass is 10.1. The molecule has 0 bridgehead atoms. The van der Waals surface area contributed by atoms with Crippen LogP contribution in [0.3, 0.4) is 0 Å². The van der Waals surface area contributed by atoms with Crippen molar-refractivity contribution >= 4 is 15.9 Å². The Morgan fingerprint density at radius 1 is 0.688 bits per heavy atom. The number of alkyl halides is 1. The molecular formula is C15H31Br. The van der Waals surface area contributed by atoms with E-state index in [2.05, 4.69) is 22.9 Å². The summed E-state index contributed by atoms with van der Waals surface area (Å²) in [6.45, 7) is 2.24. The third kappa shape index (κ3) is 14.5. The van der Waals surface area contributed by atoms with E-state index in [4.69, 9.17) is 5.48 Å². The maximum absolute atomic E-state index is 7.65. The molecule has 0 heterocycles. The quantitative estimate of drug-likeness (QED) is 0.270. The van der Waals surface area contributed by atoms with Gasteiger partial charge in [-0.25, -0.2) is 0 Å². The topological polar surface area (TPSA) is 0 Å². The third-order valence-electron chi connectivity index (χ3n) is 2.97. The first kappa shape index (κ1) is 10.4. The average Bonchev–Trinajstić information content (AvgIpc) is 2.34. The van der Waals surface area contributed by atoms with Crippen molar-refractivity contribution in [3.8, 4) is 0 Å². The van der Waals surface area contributed by atoms with Gasteiger partial charge >= 0.3 is 0 Å². The molecule has 0 saturated carbocycles. The van der Waals surface area contributed by atoms with Gasteiger partial charge in [-0.2, -0.15) is 0 Å². The van der Waals surface area contributed by atoms with E-state index in [-0.39, 0.29) is 0 Å². The van der Waals surface area contributed by atoms with Gasteiger partial charge in [0.1, 0.15) is 0 Å². The minimum absolute atomic E-state index is 0.294. The number of halogens is 1. The minimum Gasteiger partial charge on any atom is -0.0928 e. The summed E-state index contributed by atoms with van der Waals surface area (Å²) in [6.07, 6.45) is 12.1. The van der Waals surface area contributed by atoms with Crippen molar-refractivity contribution in [2.75, 3.05) is 5.28 Å². The zero-order valence-corrected chi connectivity index (χ0v) is 12.4. The molecule has 0 aromatic rings. The molecule has 0 rings (SSSR count). The second-order valence-corrected chi connectivity index (χ2v) is 4.95. The van der Waals surface area contributed by atoms with Crippen molar-refractivity contribution in [2.24, 2.45) is 0 Å². The number of unbranched alkanes of at least 4 members (excludes halogenated alkanes) is 10. The van der Waals surface area contributed by atoms with Crippen molar-refractivity contribution in [3.63, 3.8) is 0 Å². The van der Waals surface area contributed by atoms with Gasteiger partial charge in [-0.05, 0) is 6.37 Å². The van der Waals surface area contributed by atoms with Crippen LogP contribution in [0.15, 0.2) is 0 Å². The number of hydrogen-bond donors (Lipinski definition) is 0. The van der Waals surface area contributed by atoms with Crippen molar-refractivity contribution in [1.82, 2.24) is 0 Å². The lowest BCUT2D eigenvalue weighted by molar-refractivity contribution is 0.543. The summed E-state index contributed by atoms with van der Waals surface area (Å²) in [6, 6.07) is 0. The highest BCUT2D eigenvalue weighted by Gasteiger charge is 1.92. The molecule has 0 aliphatic carbocycles. The summed E-state index contributed by atoms with van der Waals surface area (Å²) in [5.74, 6) is 0. The molecule has 0 aromatic carbocycles. The Bertz CT molecular complexity index is 226. The Kier molecular flexibility index (Phi) is 10.1. The summed E-state index contributed by atoms with van der Waals surface area (Å²) in [4.78, 5) is 0. The molecular weight excluding hydrogens is 260 g/mol. The average molecular weight is 295 g/mol. The Morgan fingerprint density at radius 2 is 1.06 bits per heavy atom. The molecule has 0 aliphatic rings. The Balaban J connectivity index is 3.33. The highest BCUT2D eigenvalue weighted by atomic mass is 79.9. The van der Waals surface area contributed by atoms with E-state index in [0.717, 1.165) is 19.3 Å². The molecule has 0 unspecified atom stereocenters. The van der Waals surface area contributed by atoms with E-state index >= 15 is 0 Å². The smallest absolute Gasteiger partial charge is 0.0387 e. The maximum Gasteiger partial charge on any atom is 0.0387 e. The second kappa shape index (κ2) is 15.5. The highest BCUT2D eigenvalue weighted by Crippen LogP contribution is 2.12. The van der Waals surface area contributed by atoms with E-state index in [1.807, 2.05) is 0 Å². The lowest BCUT2D eigenvalue weighted by Crippen LogP contribution is -1.83. The fraction of sp³-hybridized carbons (Fsp3) is 1.00. The molecule has 0 radical (unpaired) electrons. The van der Waals surface area contributed by atoms with Crippen LogP contribution in [0.1, 0.15) is 95.8 Å². The van der Waals surface area contributed by atoms with Gasteiger partial charge in [0.25, 0.3) is 0 Å². The number of hydrogen-bond acceptors (Lipinski definition) is 0. The van der Waals surface area contributed by atoms with Gasteiger partial charge in [0.2, 0.25) is 0 Å². The fourth-order valence-corrected chi connectivity index (χ4v) is 2.12. The molecule has 16 heavy (non-hydrogen) atoms. The van der Waals surface area contributed by atoms with Crippen molar-refractivity contribution < 1.29 is 5.48 Å². The monoisotopic (exact) mass is 294 g/mol. The van der Waals surface area contributed by atoms with Crippen LogP contribution in [0.25, 0.3) is 0 Å². The molecule has 0 aromatic heterocycles. The van der Waals surface area contributed by atoms with Crippen molar-refractivity contribution in [3.05, 3.63) is 0 Å². The first-order valence-electron chi connectivity index (χ1n) is 9.00. The van der Waals surface area contributed by atoms with E-state index < -0.39 is 11.7 Å². The van der Waals surface area contributed by atoms with E-state index in [1.165, 1.54) is 51.4 Å². The molecule has 0 aliphatic heterocycles. The van der Waals surface area contributed by atoms with Crippen LogP contribution in [0.4, 0.5) is 0 Å². The third-order valence-corrected chi connectivity index (χ3v) is 3.25. The summed E-state index contributed by atoms with van der Waals surface area (Å²) < 4.78 is 30.1. The molecule has 0 N–H and O–H groups in total. The molecule has 98 valence electrons. The van der Waals surface area contributed by atoms with Crippen LogP contribution in [0, 0.1) is 0 Å². The van der Waals surface area contributed by atoms with Crippen LogP contribution in [-0.2, 0) is 0 Å². The first-order valence-corrected chi connectivity index (χ1v) is 7.79. The Morgan fingerprint density at radius 3 is 1.44 bits per heavy atom. The maximum atomic E-state index is 7.65. The molecule has 0 atom stereocenters. The summed E-state index contributed by atoms with van der Waals surface area (Å²) in [7, 11) is 0. The van der Waals surface area contributed by atoms with Crippen LogP contribution in [0.2, 0.25) is 0 Å². The summed E-state index contributed by atoms with van der Waals surface area (Å²) in [5.41, 5.74) is 0. The zero-order chi connectivity index (χ0) is 15.5. The van der Waals surface area contributed by atoms with Crippen LogP contribution >= 0.6 is 15.9 Å². The van der Waals surface area contributed by atoms with E-state index in [1.54, 1.807) is 0 Å². The fourth-order valence-electron chi connectivity index (χ4n) is 1.92. The second-order valence-electron chi connectivity index (χ2n) is 4.56. The highest BCUT2D eigenvalue weighted by molar-refractivity contribution is 9.09. The Hall–Kier alpha value is 0.480. The molecule has 0 amide bonds. The summed E-state index contributed by atoms with van der Waals surface area (Å²) in [5, 5.41) is -1.92. The SMILES string of the molecule is [2H]C([2H])(Br)C([2H])([2H])CCCCCCCCCCCCC. The van der Waals surface area contributed by atoms with Gasteiger partial charge < -0.3 is 0 Å². The van der Waals surface area contributed by atoms with Gasteiger partial charge in [-0.15, -0.1) is 0 Å². The minimum atomic E-state index is -1.92. The zero-order valence-electron chi connectivity index (χ0n) is 14.9. The van der Waals surface area contributed by atoms with Gasteiger partial charge in [0.05, 0.1) is 0 Å². The van der Waals surface area contributed by atoms with Crippen LogP contribution in [0.5, 0.6) is 0 Å². The van der Waals surface area contributed by atoms with Crippen molar-refractivity contribution in [1.29, 1.82) is 0 Å². The predicted octanol–water partition coefficient (Wildman–Crippen LogP) is 6.47. The van der Waals surface area contributed by atoms with E-state index in [9.17, 15) is 0 Å². The first-order chi connectivity index (χ1) is 9.31. The van der Waals surface area contributed by atoms with Gasteiger partial charge in [0.15, 0.2) is 0 Å². The normalized spacial score (nSPS) is 16.4. The molecule has 0 spiro atoms. The van der Waals surface area contributed by atoms with Gasteiger partial charge in [0, 0.05) is 10.8 Å². The number of rotatable bonds is 13. The Labute approximate surface area is 117 Å². The predicted molar refractivity (Wildman–Crippen MR) is 79.5 cm³/mol. The molecule has 1 heteroatoms.